The number of nitrogens with one attached hydrogen (secondary N) is 2. The van der Waals surface area contributed by atoms with E-state index in [4.69, 9.17) is 4.74 Å². The number of nitrogens with zero attached hydrogens (tertiary/aromatic N) is 1. The van der Waals surface area contributed by atoms with Gasteiger partial charge in [-0.25, -0.2) is 9.37 Å². The second-order valence-corrected chi connectivity index (χ2v) is 7.85. The molecule has 1 aliphatic carbocycles. The minimum absolute atomic E-state index is 0.00549. The normalized spacial score (nSPS) is 18.9. The molecule has 2 N–H and O–H groups in total. The number of rotatable bonds is 6. The Labute approximate surface area is 166 Å². The van der Waals surface area contributed by atoms with Gasteiger partial charge in [0.15, 0.2) is 5.13 Å². The van der Waals surface area contributed by atoms with Crippen LogP contribution in [0.25, 0.3) is 10.2 Å². The smallest absolute Gasteiger partial charge is 0.255 e. The maximum absolute atomic E-state index is 13.4. The second kappa shape index (κ2) is 8.14. The summed E-state index contributed by atoms with van der Waals surface area (Å²) in [6, 6.07) is 12.0. The molecule has 1 amide bonds. The molecule has 1 unspecified atom stereocenters. The summed E-state index contributed by atoms with van der Waals surface area (Å²) in [7, 11) is 0. The number of halogens is 1. The zero-order valence-corrected chi connectivity index (χ0v) is 16.4. The lowest BCUT2D eigenvalue weighted by Crippen LogP contribution is -2.43. The van der Waals surface area contributed by atoms with Crippen LogP contribution in [0.3, 0.4) is 0 Å². The van der Waals surface area contributed by atoms with Crippen molar-refractivity contribution in [1.82, 2.24) is 10.3 Å². The molecule has 4 rings (SSSR count). The highest BCUT2D eigenvalue weighted by atomic mass is 32.1. The number of ether oxygens (including phenoxy) is 1. The number of fused-ring (bicyclic) bond motifs is 1. The minimum Gasteiger partial charge on any atom is -0.493 e. The van der Waals surface area contributed by atoms with Gasteiger partial charge in [-0.1, -0.05) is 23.5 Å². The van der Waals surface area contributed by atoms with Crippen molar-refractivity contribution in [1.29, 1.82) is 0 Å². The van der Waals surface area contributed by atoms with Crippen LogP contribution in [0, 0.1) is 5.82 Å². The summed E-state index contributed by atoms with van der Waals surface area (Å²) in [5.41, 5.74) is 1.32. The molecule has 2 aromatic carbocycles. The van der Waals surface area contributed by atoms with E-state index in [1.54, 1.807) is 12.1 Å². The summed E-state index contributed by atoms with van der Waals surface area (Å²) in [5, 5.41) is 7.33. The molecule has 0 radical (unpaired) electrons. The van der Waals surface area contributed by atoms with E-state index in [-0.39, 0.29) is 23.8 Å². The van der Waals surface area contributed by atoms with Gasteiger partial charge in [-0.2, -0.15) is 0 Å². The first-order valence-electron chi connectivity index (χ1n) is 9.49. The van der Waals surface area contributed by atoms with E-state index < -0.39 is 0 Å². The third kappa shape index (κ3) is 3.94. The van der Waals surface area contributed by atoms with E-state index in [1.807, 2.05) is 25.1 Å². The fraction of sp³-hybridized carbons (Fsp3) is 0.333. The van der Waals surface area contributed by atoms with Gasteiger partial charge in [0.1, 0.15) is 11.6 Å². The van der Waals surface area contributed by atoms with Gasteiger partial charge in [0, 0.05) is 12.1 Å². The van der Waals surface area contributed by atoms with Gasteiger partial charge in [0.25, 0.3) is 5.91 Å². The van der Waals surface area contributed by atoms with Crippen LogP contribution in [0.1, 0.15) is 36.5 Å². The van der Waals surface area contributed by atoms with Gasteiger partial charge in [-0.3, -0.25) is 4.79 Å². The fourth-order valence-electron chi connectivity index (χ4n) is 3.61. The molecule has 5 nitrogen and oxygen atoms in total. The van der Waals surface area contributed by atoms with Crippen LogP contribution >= 0.6 is 11.3 Å². The largest absolute Gasteiger partial charge is 0.493 e. The number of para-hydroxylation sites is 1. The highest BCUT2D eigenvalue weighted by Gasteiger charge is 2.30. The molecular weight excluding hydrogens is 377 g/mol. The Morgan fingerprint density at radius 3 is 2.93 bits per heavy atom. The van der Waals surface area contributed by atoms with E-state index in [9.17, 15) is 9.18 Å². The van der Waals surface area contributed by atoms with E-state index in [1.165, 1.54) is 23.5 Å². The molecule has 0 spiro atoms. The van der Waals surface area contributed by atoms with E-state index in [0.29, 0.717) is 17.9 Å². The second-order valence-electron chi connectivity index (χ2n) is 6.82. The molecule has 0 aliphatic heterocycles. The van der Waals surface area contributed by atoms with Gasteiger partial charge in [0.05, 0.1) is 22.4 Å². The lowest BCUT2D eigenvalue weighted by Gasteiger charge is -2.22. The van der Waals surface area contributed by atoms with Crippen molar-refractivity contribution in [3.05, 3.63) is 53.8 Å². The fourth-order valence-corrected chi connectivity index (χ4v) is 4.56. The van der Waals surface area contributed by atoms with Crippen molar-refractivity contribution in [2.24, 2.45) is 0 Å². The summed E-state index contributed by atoms with van der Waals surface area (Å²) >= 11 is 1.43. The quantitative estimate of drug-likeness (QED) is 0.636. The topological polar surface area (TPSA) is 63.2 Å². The number of carbonyl (C=O) groups excluding carboxylic acids is 1. The molecule has 1 heterocycles. The number of anilines is 1. The first-order chi connectivity index (χ1) is 13.6. The molecule has 2 atom stereocenters. The molecule has 1 aliphatic rings. The molecule has 1 saturated carbocycles. The van der Waals surface area contributed by atoms with Crippen LogP contribution in [-0.4, -0.2) is 29.6 Å². The Bertz CT molecular complexity index is 991. The summed E-state index contributed by atoms with van der Waals surface area (Å²) in [6.07, 6.45) is 2.87. The average Bonchev–Trinajstić information content (AvgIpc) is 3.28. The number of aromatic nitrogens is 1. The highest BCUT2D eigenvalue weighted by Crippen LogP contribution is 2.30. The van der Waals surface area contributed by atoms with Crippen molar-refractivity contribution in [3.63, 3.8) is 0 Å². The third-order valence-corrected chi connectivity index (χ3v) is 5.87. The van der Waals surface area contributed by atoms with Gasteiger partial charge >= 0.3 is 0 Å². The predicted octanol–water partition coefficient (Wildman–Crippen LogP) is 4.60. The average molecular weight is 399 g/mol. The van der Waals surface area contributed by atoms with Crippen LogP contribution in [0.15, 0.2) is 42.5 Å². The van der Waals surface area contributed by atoms with Gasteiger partial charge in [-0.05, 0) is 56.5 Å². The summed E-state index contributed by atoms with van der Waals surface area (Å²) in [4.78, 5) is 17.3. The van der Waals surface area contributed by atoms with Crippen LogP contribution in [0.2, 0.25) is 0 Å². The zero-order valence-electron chi connectivity index (χ0n) is 15.6. The zero-order chi connectivity index (χ0) is 19.5. The SMILES string of the molecule is CCOc1ccccc1C(=O)NC1CCC[C@@H]1Nc1nc2ccc(F)cc2s1. The molecule has 28 heavy (non-hydrogen) atoms. The molecule has 0 saturated heterocycles. The summed E-state index contributed by atoms with van der Waals surface area (Å²) < 4.78 is 19.8. The maximum Gasteiger partial charge on any atom is 0.255 e. The van der Waals surface area contributed by atoms with E-state index in [2.05, 4.69) is 15.6 Å². The Morgan fingerprint density at radius 2 is 2.07 bits per heavy atom. The van der Waals surface area contributed by atoms with E-state index in [0.717, 1.165) is 34.6 Å². The van der Waals surface area contributed by atoms with E-state index >= 15 is 0 Å². The number of thiazole rings is 1. The lowest BCUT2D eigenvalue weighted by molar-refractivity contribution is 0.0932. The number of hydrogen-bond donors (Lipinski definition) is 2. The molecule has 7 heteroatoms. The van der Waals surface area contributed by atoms with Gasteiger partial charge < -0.3 is 15.4 Å². The predicted molar refractivity (Wildman–Crippen MR) is 110 cm³/mol. The third-order valence-electron chi connectivity index (χ3n) is 4.92. The molecule has 1 fully saturated rings. The van der Waals surface area contributed by atoms with Crippen molar-refractivity contribution >= 4 is 32.6 Å². The van der Waals surface area contributed by atoms with Crippen LogP contribution < -0.4 is 15.4 Å². The van der Waals surface area contributed by atoms with Gasteiger partial charge in [0.2, 0.25) is 0 Å². The first kappa shape index (κ1) is 18.7. The van der Waals surface area contributed by atoms with Gasteiger partial charge in [-0.15, -0.1) is 0 Å². The molecule has 1 aromatic heterocycles. The van der Waals surface area contributed by atoms with Crippen LogP contribution in [0.5, 0.6) is 5.75 Å². The lowest BCUT2D eigenvalue weighted by atomic mass is 10.1. The van der Waals surface area contributed by atoms with Crippen molar-refractivity contribution in [2.75, 3.05) is 11.9 Å². The number of benzene rings is 2. The number of amides is 1. The molecule has 0 bridgehead atoms. The minimum atomic E-state index is -0.262. The first-order valence-corrected chi connectivity index (χ1v) is 10.3. The van der Waals surface area contributed by atoms with Crippen molar-refractivity contribution in [3.8, 4) is 5.75 Å². The maximum atomic E-state index is 13.4. The summed E-state index contributed by atoms with van der Waals surface area (Å²) in [5.74, 6) is 0.203. The Hall–Kier alpha value is -2.67. The van der Waals surface area contributed by atoms with Crippen LogP contribution in [0.4, 0.5) is 9.52 Å². The molecule has 3 aromatic rings. The van der Waals surface area contributed by atoms with Crippen molar-refractivity contribution < 1.29 is 13.9 Å². The molecular formula is C21H22FN3O2S. The Kier molecular flexibility index (Phi) is 5.43. The standard InChI is InChI=1S/C21H22FN3O2S/c1-2-27-18-9-4-3-6-14(18)20(26)23-15-7-5-8-16(15)24-21-25-17-11-10-13(22)12-19(17)28-21/h3-4,6,9-12,15-16H,2,5,7-8H2,1H3,(H,23,26)(H,24,25)/t15?,16-/m0/s1. The van der Waals surface area contributed by atoms with Crippen molar-refractivity contribution in [2.45, 2.75) is 38.3 Å². The Balaban J connectivity index is 1.46. The van der Waals surface area contributed by atoms with Crippen LogP contribution in [-0.2, 0) is 0 Å². The number of hydrogen-bond acceptors (Lipinski definition) is 5. The Morgan fingerprint density at radius 1 is 1.25 bits per heavy atom. The summed E-state index contributed by atoms with van der Waals surface area (Å²) in [6.45, 7) is 2.41. The molecule has 146 valence electrons. The highest BCUT2D eigenvalue weighted by molar-refractivity contribution is 7.22. The number of carbonyl (C=O) groups is 1. The monoisotopic (exact) mass is 399 g/mol.